The highest BCUT2D eigenvalue weighted by molar-refractivity contribution is 9.10. The number of aromatic nitrogens is 2. The highest BCUT2D eigenvalue weighted by atomic mass is 79.9. The van der Waals surface area contributed by atoms with Crippen molar-refractivity contribution in [1.29, 1.82) is 0 Å². The van der Waals surface area contributed by atoms with Gasteiger partial charge in [0.15, 0.2) is 0 Å². The second-order valence-electron chi connectivity index (χ2n) is 8.57. The Morgan fingerprint density at radius 1 is 1.26 bits per heavy atom. The molecule has 1 atom stereocenters. The number of hydrogen-bond donors (Lipinski definition) is 1. The Labute approximate surface area is 209 Å². The SMILES string of the molecule is CCOc1ccc(CCCNC(=O)C2CCCN(Cc3nc(-c4cccc(Br)c4)no3)C2)cc1. The third-order valence-electron chi connectivity index (χ3n) is 5.96. The number of likely N-dealkylation sites (tertiary alicyclic amines) is 1. The van der Waals surface area contributed by atoms with Crippen LogP contribution in [0.2, 0.25) is 0 Å². The van der Waals surface area contributed by atoms with Crippen LogP contribution in [0, 0.1) is 5.92 Å². The van der Waals surface area contributed by atoms with Crippen LogP contribution in [-0.2, 0) is 17.8 Å². The Kier molecular flexibility index (Phi) is 8.71. The van der Waals surface area contributed by atoms with Gasteiger partial charge in [-0.25, -0.2) is 0 Å². The molecule has 1 aromatic heterocycles. The number of rotatable bonds is 10. The molecule has 0 spiro atoms. The average molecular weight is 527 g/mol. The highest BCUT2D eigenvalue weighted by Crippen LogP contribution is 2.22. The summed E-state index contributed by atoms with van der Waals surface area (Å²) in [7, 11) is 0. The molecule has 0 bridgehead atoms. The van der Waals surface area contributed by atoms with Gasteiger partial charge in [0.05, 0.1) is 19.1 Å². The van der Waals surface area contributed by atoms with Gasteiger partial charge in [-0.1, -0.05) is 45.4 Å². The molecule has 7 nitrogen and oxygen atoms in total. The van der Waals surface area contributed by atoms with Gasteiger partial charge < -0.3 is 14.6 Å². The number of nitrogens with zero attached hydrogens (tertiary/aromatic N) is 3. The number of aryl methyl sites for hydroxylation is 1. The van der Waals surface area contributed by atoms with Crippen molar-refractivity contribution >= 4 is 21.8 Å². The van der Waals surface area contributed by atoms with Gasteiger partial charge in [0.25, 0.3) is 0 Å². The van der Waals surface area contributed by atoms with E-state index in [1.807, 2.05) is 43.3 Å². The lowest BCUT2D eigenvalue weighted by atomic mass is 9.97. The molecule has 34 heavy (non-hydrogen) atoms. The number of nitrogens with one attached hydrogen (secondary N) is 1. The predicted octanol–water partition coefficient (Wildman–Crippen LogP) is 4.86. The molecule has 1 N–H and O–H groups in total. The van der Waals surface area contributed by atoms with E-state index >= 15 is 0 Å². The van der Waals surface area contributed by atoms with E-state index in [9.17, 15) is 4.79 Å². The molecule has 1 aliphatic rings. The maximum Gasteiger partial charge on any atom is 0.241 e. The second-order valence-corrected chi connectivity index (χ2v) is 9.48. The standard InChI is InChI=1S/C26H31BrN4O3/c1-2-33-23-12-10-19(11-13-23)6-4-14-28-26(32)21-8-5-15-31(17-21)18-24-29-25(30-34-24)20-7-3-9-22(27)16-20/h3,7,9-13,16,21H,2,4-6,8,14-15,17-18H2,1H3,(H,28,32). The van der Waals surface area contributed by atoms with E-state index in [-0.39, 0.29) is 11.8 Å². The molecule has 0 saturated carbocycles. The molecule has 1 saturated heterocycles. The van der Waals surface area contributed by atoms with E-state index in [1.54, 1.807) is 0 Å². The molecule has 1 aliphatic heterocycles. The quantitative estimate of drug-likeness (QED) is 0.380. The first-order chi connectivity index (χ1) is 16.6. The minimum absolute atomic E-state index is 0.00769. The van der Waals surface area contributed by atoms with Crippen molar-refractivity contribution in [3.05, 3.63) is 64.5 Å². The molecular weight excluding hydrogens is 496 g/mol. The van der Waals surface area contributed by atoms with Gasteiger partial charge in [0.1, 0.15) is 5.75 Å². The Morgan fingerprint density at radius 3 is 2.91 bits per heavy atom. The highest BCUT2D eigenvalue weighted by Gasteiger charge is 2.26. The average Bonchev–Trinajstić information content (AvgIpc) is 3.31. The number of hydrogen-bond acceptors (Lipinski definition) is 6. The first-order valence-corrected chi connectivity index (χ1v) is 12.7. The molecular formula is C26H31BrN4O3. The smallest absolute Gasteiger partial charge is 0.241 e. The van der Waals surface area contributed by atoms with Crippen LogP contribution in [0.3, 0.4) is 0 Å². The second kappa shape index (κ2) is 12.1. The molecule has 1 unspecified atom stereocenters. The van der Waals surface area contributed by atoms with Crippen LogP contribution in [-0.4, -0.2) is 47.2 Å². The third kappa shape index (κ3) is 6.90. The number of carbonyl (C=O) groups excluding carboxylic acids is 1. The molecule has 4 rings (SSSR count). The lowest BCUT2D eigenvalue weighted by Gasteiger charge is -2.30. The van der Waals surface area contributed by atoms with Gasteiger partial charge in [0, 0.05) is 23.1 Å². The van der Waals surface area contributed by atoms with Crippen LogP contribution >= 0.6 is 15.9 Å². The van der Waals surface area contributed by atoms with Crippen molar-refractivity contribution in [3.63, 3.8) is 0 Å². The van der Waals surface area contributed by atoms with Crippen LogP contribution < -0.4 is 10.1 Å². The Bertz CT molecular complexity index is 1070. The van der Waals surface area contributed by atoms with Crippen molar-refractivity contribution in [3.8, 4) is 17.1 Å². The summed E-state index contributed by atoms with van der Waals surface area (Å²) in [6.45, 7) is 5.53. The van der Waals surface area contributed by atoms with Crippen molar-refractivity contribution in [2.75, 3.05) is 26.2 Å². The summed E-state index contributed by atoms with van der Waals surface area (Å²) in [5, 5.41) is 7.24. The van der Waals surface area contributed by atoms with E-state index in [4.69, 9.17) is 9.26 Å². The van der Waals surface area contributed by atoms with Crippen LogP contribution in [0.4, 0.5) is 0 Å². The van der Waals surface area contributed by atoms with Crippen LogP contribution in [0.25, 0.3) is 11.4 Å². The molecule has 2 heterocycles. The fourth-order valence-corrected chi connectivity index (χ4v) is 4.64. The maximum absolute atomic E-state index is 12.7. The zero-order chi connectivity index (χ0) is 23.8. The number of amides is 1. The van der Waals surface area contributed by atoms with Crippen molar-refractivity contribution in [1.82, 2.24) is 20.4 Å². The maximum atomic E-state index is 12.7. The number of halogens is 1. The topological polar surface area (TPSA) is 80.5 Å². The zero-order valence-electron chi connectivity index (χ0n) is 19.5. The van der Waals surface area contributed by atoms with Gasteiger partial charge in [-0.05, 0) is 69.0 Å². The molecule has 3 aromatic rings. The van der Waals surface area contributed by atoms with E-state index in [0.717, 1.165) is 48.0 Å². The number of benzene rings is 2. The van der Waals surface area contributed by atoms with E-state index in [1.165, 1.54) is 5.56 Å². The molecule has 180 valence electrons. The Hall–Kier alpha value is -2.71. The molecule has 1 amide bonds. The van der Waals surface area contributed by atoms with Gasteiger partial charge >= 0.3 is 0 Å². The number of carbonyl (C=O) groups is 1. The zero-order valence-corrected chi connectivity index (χ0v) is 21.1. The molecule has 2 aromatic carbocycles. The number of piperidine rings is 1. The van der Waals surface area contributed by atoms with Crippen molar-refractivity contribution in [2.24, 2.45) is 5.92 Å². The summed E-state index contributed by atoms with van der Waals surface area (Å²) >= 11 is 3.47. The molecule has 1 fully saturated rings. The Balaban J connectivity index is 1.21. The van der Waals surface area contributed by atoms with E-state index in [2.05, 4.69) is 48.4 Å². The van der Waals surface area contributed by atoms with Crippen LogP contribution in [0.5, 0.6) is 5.75 Å². The van der Waals surface area contributed by atoms with Gasteiger partial charge in [-0.3, -0.25) is 9.69 Å². The number of ether oxygens (including phenoxy) is 1. The van der Waals surface area contributed by atoms with Crippen LogP contribution in [0.15, 0.2) is 57.5 Å². The lowest BCUT2D eigenvalue weighted by molar-refractivity contribution is -0.126. The van der Waals surface area contributed by atoms with Gasteiger partial charge in [0.2, 0.25) is 17.6 Å². The molecule has 0 aliphatic carbocycles. The molecule has 8 heteroatoms. The fraction of sp³-hybridized carbons (Fsp3) is 0.423. The summed E-state index contributed by atoms with van der Waals surface area (Å²) in [5.74, 6) is 2.18. The van der Waals surface area contributed by atoms with Crippen molar-refractivity contribution in [2.45, 2.75) is 39.2 Å². The lowest BCUT2D eigenvalue weighted by Crippen LogP contribution is -2.43. The minimum Gasteiger partial charge on any atom is -0.494 e. The minimum atomic E-state index is -0.00769. The van der Waals surface area contributed by atoms with Gasteiger partial charge in [-0.15, -0.1) is 0 Å². The molecule has 0 radical (unpaired) electrons. The summed E-state index contributed by atoms with van der Waals surface area (Å²) in [4.78, 5) is 19.5. The Morgan fingerprint density at radius 2 is 2.12 bits per heavy atom. The van der Waals surface area contributed by atoms with Crippen molar-refractivity contribution < 1.29 is 14.1 Å². The summed E-state index contributed by atoms with van der Waals surface area (Å²) < 4.78 is 11.9. The van der Waals surface area contributed by atoms with E-state index in [0.29, 0.717) is 38.0 Å². The predicted molar refractivity (Wildman–Crippen MR) is 134 cm³/mol. The first-order valence-electron chi connectivity index (χ1n) is 11.9. The normalized spacial score (nSPS) is 16.4. The fourth-order valence-electron chi connectivity index (χ4n) is 4.24. The van der Waals surface area contributed by atoms with Crippen LogP contribution in [0.1, 0.15) is 37.6 Å². The summed E-state index contributed by atoms with van der Waals surface area (Å²) in [6.07, 6.45) is 3.74. The summed E-state index contributed by atoms with van der Waals surface area (Å²) in [6, 6.07) is 16.0. The monoisotopic (exact) mass is 526 g/mol. The first kappa shape index (κ1) is 24.4. The van der Waals surface area contributed by atoms with Gasteiger partial charge in [-0.2, -0.15) is 4.98 Å². The summed E-state index contributed by atoms with van der Waals surface area (Å²) in [5.41, 5.74) is 2.16. The van der Waals surface area contributed by atoms with E-state index < -0.39 is 0 Å². The third-order valence-corrected chi connectivity index (χ3v) is 6.46. The largest absolute Gasteiger partial charge is 0.494 e.